The van der Waals surface area contributed by atoms with Crippen LogP contribution in [0.5, 0.6) is 0 Å². The molecule has 0 saturated carbocycles. The second kappa shape index (κ2) is 6.97. The molecule has 2 heterocycles. The molecule has 0 bridgehead atoms. The molecule has 2 rings (SSSR count). The lowest BCUT2D eigenvalue weighted by atomic mass is 9.89. The number of hydrogen-bond acceptors (Lipinski definition) is 5. The van der Waals surface area contributed by atoms with Gasteiger partial charge in [-0.2, -0.15) is 17.0 Å². The van der Waals surface area contributed by atoms with Crippen LogP contribution in [-0.4, -0.2) is 43.1 Å². The van der Waals surface area contributed by atoms with E-state index in [4.69, 9.17) is 10.00 Å². The molecule has 1 saturated heterocycles. The van der Waals surface area contributed by atoms with Crippen molar-refractivity contribution in [3.63, 3.8) is 0 Å². The van der Waals surface area contributed by atoms with Crippen LogP contribution in [0.1, 0.15) is 19.8 Å². The molecule has 0 radical (unpaired) electrons. The topological polar surface area (TPSA) is 57.4 Å². The fourth-order valence-electron chi connectivity index (χ4n) is 2.37. The van der Waals surface area contributed by atoms with Crippen LogP contribution in [0.15, 0.2) is 16.6 Å². The highest BCUT2D eigenvalue weighted by Gasteiger charge is 2.22. The molecular formula is C14H21N3OS. The standard InChI is InChI=1S/C14H21N3OS/c1-10(11-3-4-12(6-15)16-7-11)5-14-17-8-13(19-2)9-18-14/h5,11-13,16H,3-4,7-9H2,1-2H3/b10-5+. The first-order chi connectivity index (χ1) is 9.22. The molecule has 4 nitrogen and oxygen atoms in total. The number of thioether (sulfide) groups is 1. The van der Waals surface area contributed by atoms with Gasteiger partial charge >= 0.3 is 0 Å². The quantitative estimate of drug-likeness (QED) is 0.858. The maximum Gasteiger partial charge on any atom is 0.208 e. The highest BCUT2D eigenvalue weighted by atomic mass is 32.2. The summed E-state index contributed by atoms with van der Waals surface area (Å²) in [6.45, 7) is 4.61. The molecule has 0 spiro atoms. The molecule has 104 valence electrons. The van der Waals surface area contributed by atoms with Crippen molar-refractivity contribution < 1.29 is 4.74 Å². The summed E-state index contributed by atoms with van der Waals surface area (Å²) >= 11 is 1.80. The van der Waals surface area contributed by atoms with E-state index in [1.54, 1.807) is 11.8 Å². The number of nitriles is 1. The van der Waals surface area contributed by atoms with Crippen LogP contribution in [0.2, 0.25) is 0 Å². The van der Waals surface area contributed by atoms with E-state index in [1.165, 1.54) is 5.57 Å². The van der Waals surface area contributed by atoms with Crippen molar-refractivity contribution in [2.75, 3.05) is 26.0 Å². The molecule has 19 heavy (non-hydrogen) atoms. The van der Waals surface area contributed by atoms with Crippen molar-refractivity contribution in [3.05, 3.63) is 11.6 Å². The van der Waals surface area contributed by atoms with Gasteiger partial charge in [0.05, 0.1) is 23.9 Å². The van der Waals surface area contributed by atoms with Gasteiger partial charge in [0.1, 0.15) is 6.61 Å². The van der Waals surface area contributed by atoms with Crippen LogP contribution in [0, 0.1) is 17.2 Å². The zero-order valence-corrected chi connectivity index (χ0v) is 12.4. The van der Waals surface area contributed by atoms with Crippen LogP contribution >= 0.6 is 11.8 Å². The Balaban J connectivity index is 1.90. The van der Waals surface area contributed by atoms with Gasteiger partial charge in [0.25, 0.3) is 0 Å². The number of ether oxygens (including phenoxy) is 1. The number of nitrogens with one attached hydrogen (secondary N) is 1. The van der Waals surface area contributed by atoms with Crippen molar-refractivity contribution in [1.29, 1.82) is 5.26 Å². The molecule has 0 aliphatic carbocycles. The van der Waals surface area contributed by atoms with Gasteiger partial charge in [0.2, 0.25) is 5.90 Å². The number of hydrogen-bond donors (Lipinski definition) is 1. The average molecular weight is 279 g/mol. The Bertz CT molecular complexity index is 405. The molecule has 0 amide bonds. The van der Waals surface area contributed by atoms with E-state index < -0.39 is 0 Å². The van der Waals surface area contributed by atoms with E-state index >= 15 is 0 Å². The summed E-state index contributed by atoms with van der Waals surface area (Å²) in [5.41, 5.74) is 1.30. The average Bonchev–Trinajstić information content (AvgIpc) is 2.48. The summed E-state index contributed by atoms with van der Waals surface area (Å²) in [5, 5.41) is 12.6. The van der Waals surface area contributed by atoms with Gasteiger partial charge in [0.15, 0.2) is 0 Å². The zero-order valence-electron chi connectivity index (χ0n) is 11.6. The maximum atomic E-state index is 8.86. The lowest BCUT2D eigenvalue weighted by Gasteiger charge is -2.27. The Labute approximate surface area is 119 Å². The maximum absolute atomic E-state index is 8.86. The summed E-state index contributed by atoms with van der Waals surface area (Å²) in [6.07, 6.45) is 6.15. The van der Waals surface area contributed by atoms with Crippen molar-refractivity contribution in [1.82, 2.24) is 5.32 Å². The predicted molar refractivity (Wildman–Crippen MR) is 79.4 cm³/mol. The number of aliphatic imine (C=N–C) groups is 1. The molecule has 0 aromatic heterocycles. The second-order valence-electron chi connectivity index (χ2n) is 5.10. The Hall–Kier alpha value is -0.990. The SMILES string of the molecule is CSC1CN=C(/C=C(\C)C2CCC(C#N)NC2)OC1. The lowest BCUT2D eigenvalue weighted by molar-refractivity contribution is 0.290. The molecular weight excluding hydrogens is 258 g/mol. The van der Waals surface area contributed by atoms with Crippen molar-refractivity contribution in [2.45, 2.75) is 31.1 Å². The minimum Gasteiger partial charge on any atom is -0.477 e. The molecule has 5 heteroatoms. The molecule has 2 aliphatic rings. The first-order valence-corrected chi connectivity index (χ1v) is 8.03. The first kappa shape index (κ1) is 14.4. The van der Waals surface area contributed by atoms with Gasteiger partial charge in [0, 0.05) is 6.54 Å². The van der Waals surface area contributed by atoms with Crippen LogP contribution in [0.3, 0.4) is 0 Å². The highest BCUT2D eigenvalue weighted by Crippen LogP contribution is 2.22. The Morgan fingerprint density at radius 3 is 2.95 bits per heavy atom. The van der Waals surface area contributed by atoms with Crippen LogP contribution in [-0.2, 0) is 4.74 Å². The molecule has 3 unspecified atom stereocenters. The van der Waals surface area contributed by atoms with Crippen molar-refractivity contribution in [3.8, 4) is 6.07 Å². The predicted octanol–water partition coefficient (Wildman–Crippen LogP) is 1.98. The lowest BCUT2D eigenvalue weighted by Crippen LogP contribution is -2.38. The van der Waals surface area contributed by atoms with E-state index in [1.807, 2.05) is 0 Å². The van der Waals surface area contributed by atoms with Gasteiger partial charge in [-0.3, -0.25) is 4.99 Å². The summed E-state index contributed by atoms with van der Waals surface area (Å²) in [4.78, 5) is 4.47. The number of piperidine rings is 1. The van der Waals surface area contributed by atoms with E-state index in [0.717, 1.165) is 38.4 Å². The highest BCUT2D eigenvalue weighted by molar-refractivity contribution is 7.99. The third-order valence-corrected chi connectivity index (χ3v) is 4.72. The minimum absolute atomic E-state index is 0.0228. The Morgan fingerprint density at radius 2 is 2.42 bits per heavy atom. The van der Waals surface area contributed by atoms with E-state index in [-0.39, 0.29) is 6.04 Å². The second-order valence-corrected chi connectivity index (χ2v) is 6.24. The van der Waals surface area contributed by atoms with Gasteiger partial charge in [-0.1, -0.05) is 5.57 Å². The Kier molecular flexibility index (Phi) is 5.29. The summed E-state index contributed by atoms with van der Waals surface area (Å²) in [5.74, 6) is 1.26. The largest absolute Gasteiger partial charge is 0.477 e. The third-order valence-electron chi connectivity index (χ3n) is 3.77. The summed E-state index contributed by atoms with van der Waals surface area (Å²) < 4.78 is 5.67. The molecule has 1 fully saturated rings. The first-order valence-electron chi connectivity index (χ1n) is 6.74. The molecule has 0 aromatic rings. The minimum atomic E-state index is 0.0228. The fourth-order valence-corrected chi connectivity index (χ4v) is 2.79. The van der Waals surface area contributed by atoms with Crippen LogP contribution in [0.4, 0.5) is 0 Å². The van der Waals surface area contributed by atoms with Gasteiger partial charge in [-0.05, 0) is 38.0 Å². The summed E-state index contributed by atoms with van der Waals surface area (Å²) in [7, 11) is 0. The molecule has 2 aliphatic heterocycles. The molecule has 0 aromatic carbocycles. The monoisotopic (exact) mass is 279 g/mol. The Morgan fingerprint density at radius 1 is 1.58 bits per heavy atom. The normalized spacial score (nSPS) is 32.2. The van der Waals surface area contributed by atoms with Crippen molar-refractivity contribution in [2.24, 2.45) is 10.9 Å². The van der Waals surface area contributed by atoms with Gasteiger partial charge in [-0.15, -0.1) is 0 Å². The third kappa shape index (κ3) is 3.99. The van der Waals surface area contributed by atoms with Gasteiger partial charge in [-0.25, -0.2) is 0 Å². The summed E-state index contributed by atoms with van der Waals surface area (Å²) in [6, 6.07) is 2.30. The molecule has 1 N–H and O–H groups in total. The van der Waals surface area contributed by atoms with E-state index in [9.17, 15) is 0 Å². The van der Waals surface area contributed by atoms with Crippen molar-refractivity contribution >= 4 is 17.7 Å². The molecule has 3 atom stereocenters. The number of rotatable bonds is 3. The fraction of sp³-hybridized carbons (Fsp3) is 0.714. The zero-order chi connectivity index (χ0) is 13.7. The van der Waals surface area contributed by atoms with Crippen LogP contribution < -0.4 is 5.32 Å². The van der Waals surface area contributed by atoms with E-state index in [0.29, 0.717) is 11.2 Å². The van der Waals surface area contributed by atoms with E-state index in [2.05, 4.69) is 35.6 Å². The van der Waals surface area contributed by atoms with Gasteiger partial charge < -0.3 is 10.1 Å². The van der Waals surface area contributed by atoms with Crippen LogP contribution in [0.25, 0.3) is 0 Å². The number of nitrogens with zero attached hydrogens (tertiary/aromatic N) is 2. The smallest absolute Gasteiger partial charge is 0.208 e.